The maximum Gasteiger partial charge on any atom is 0.119 e. The summed E-state index contributed by atoms with van der Waals surface area (Å²) in [7, 11) is 0. The van der Waals surface area contributed by atoms with E-state index in [4.69, 9.17) is 10.1 Å². The minimum atomic E-state index is 0.233. The summed E-state index contributed by atoms with van der Waals surface area (Å²) in [5.74, 6) is 1.82. The minimum absolute atomic E-state index is 0.233. The molecule has 25 heavy (non-hydrogen) atoms. The van der Waals surface area contributed by atoms with Gasteiger partial charge in [-0.05, 0) is 48.9 Å². The molecule has 0 spiro atoms. The number of nitrogens with zero attached hydrogens (tertiary/aromatic N) is 1. The molecule has 2 aromatic carbocycles. The van der Waals surface area contributed by atoms with Crippen LogP contribution in [0.2, 0.25) is 0 Å². The zero-order valence-electron chi connectivity index (χ0n) is 14.5. The summed E-state index contributed by atoms with van der Waals surface area (Å²) in [6.07, 6.45) is 2.15. The van der Waals surface area contributed by atoms with Gasteiger partial charge in [-0.15, -0.1) is 0 Å². The predicted molar refractivity (Wildman–Crippen MR) is 100 cm³/mol. The smallest absolute Gasteiger partial charge is 0.119 e. The Morgan fingerprint density at radius 1 is 1.12 bits per heavy atom. The van der Waals surface area contributed by atoms with E-state index in [0.29, 0.717) is 5.84 Å². The third-order valence-electron chi connectivity index (χ3n) is 4.51. The van der Waals surface area contributed by atoms with Crippen LogP contribution in [0.5, 0.6) is 11.5 Å². The second-order valence-corrected chi connectivity index (χ2v) is 6.43. The van der Waals surface area contributed by atoms with E-state index in [1.54, 1.807) is 12.1 Å². The van der Waals surface area contributed by atoms with Gasteiger partial charge in [0.25, 0.3) is 0 Å². The van der Waals surface area contributed by atoms with Gasteiger partial charge in [0.1, 0.15) is 17.6 Å². The lowest BCUT2D eigenvalue weighted by Gasteiger charge is -2.32. The third-order valence-corrected chi connectivity index (χ3v) is 4.51. The molecular weight excluding hydrogens is 314 g/mol. The number of anilines is 1. The Bertz CT molecular complexity index is 690. The van der Waals surface area contributed by atoms with Gasteiger partial charge in [0, 0.05) is 38.2 Å². The number of likely N-dealkylation sites (tertiary alicyclic amines) is 1. The fraction of sp³-hybridized carbons (Fsp3) is 0.350. The zero-order chi connectivity index (χ0) is 17.6. The van der Waals surface area contributed by atoms with Crippen molar-refractivity contribution in [3.8, 4) is 11.5 Å². The van der Waals surface area contributed by atoms with Crippen LogP contribution in [0.15, 0.2) is 48.5 Å². The van der Waals surface area contributed by atoms with Crippen molar-refractivity contribution >= 4 is 11.5 Å². The van der Waals surface area contributed by atoms with Crippen LogP contribution in [0, 0.1) is 5.41 Å². The van der Waals surface area contributed by atoms with Crippen molar-refractivity contribution in [2.75, 3.05) is 18.4 Å². The van der Waals surface area contributed by atoms with Crippen molar-refractivity contribution in [2.24, 2.45) is 0 Å². The summed E-state index contributed by atoms with van der Waals surface area (Å²) >= 11 is 0. The average molecular weight is 339 g/mol. The molecule has 0 aliphatic carbocycles. The second kappa shape index (κ2) is 7.92. The van der Waals surface area contributed by atoms with Crippen molar-refractivity contribution in [1.82, 2.24) is 4.90 Å². The van der Waals surface area contributed by atoms with E-state index in [-0.39, 0.29) is 11.9 Å². The molecule has 1 aliphatic heterocycles. The fourth-order valence-electron chi connectivity index (χ4n) is 2.97. The monoisotopic (exact) mass is 339 g/mol. The molecule has 3 N–H and O–H groups in total. The van der Waals surface area contributed by atoms with E-state index in [1.165, 1.54) is 5.56 Å². The lowest BCUT2D eigenvalue weighted by molar-refractivity contribution is 0.130. The van der Waals surface area contributed by atoms with Crippen LogP contribution in [0.25, 0.3) is 0 Å². The molecule has 2 aromatic rings. The van der Waals surface area contributed by atoms with Gasteiger partial charge in [-0.3, -0.25) is 5.41 Å². The van der Waals surface area contributed by atoms with E-state index in [9.17, 15) is 5.11 Å². The van der Waals surface area contributed by atoms with Crippen LogP contribution in [0.3, 0.4) is 0 Å². The standard InChI is InChI=1S/C20H25N3O2/c1-15(21)23-12-10-20(11-13-23)25-19-8-2-16(3-9-19)14-22-17-4-6-18(24)7-5-17/h2-9,20-22,24H,10-14H2,1H3. The minimum Gasteiger partial charge on any atom is -0.508 e. The molecule has 5 nitrogen and oxygen atoms in total. The summed E-state index contributed by atoms with van der Waals surface area (Å²) in [6, 6.07) is 15.2. The first kappa shape index (κ1) is 17.1. The predicted octanol–water partition coefficient (Wildman–Crippen LogP) is 3.84. The number of ether oxygens (including phenoxy) is 1. The van der Waals surface area contributed by atoms with Crippen molar-refractivity contribution in [3.05, 3.63) is 54.1 Å². The summed E-state index contributed by atoms with van der Waals surface area (Å²) in [5, 5.41) is 20.3. The number of hydrogen-bond donors (Lipinski definition) is 3. The van der Waals surface area contributed by atoms with Gasteiger partial charge in [-0.25, -0.2) is 0 Å². The maximum absolute atomic E-state index is 9.29. The molecule has 0 aromatic heterocycles. The number of amidine groups is 1. The molecule has 1 saturated heterocycles. The Kier molecular flexibility index (Phi) is 5.43. The zero-order valence-corrected chi connectivity index (χ0v) is 14.5. The number of rotatable bonds is 5. The van der Waals surface area contributed by atoms with Crippen LogP contribution in [0.1, 0.15) is 25.3 Å². The molecule has 1 heterocycles. The van der Waals surface area contributed by atoms with E-state index in [2.05, 4.69) is 22.3 Å². The first-order valence-corrected chi connectivity index (χ1v) is 8.69. The Balaban J connectivity index is 1.47. The molecule has 1 aliphatic rings. The number of nitrogens with one attached hydrogen (secondary N) is 2. The highest BCUT2D eigenvalue weighted by Gasteiger charge is 2.20. The van der Waals surface area contributed by atoms with E-state index in [1.807, 2.05) is 31.2 Å². The van der Waals surface area contributed by atoms with E-state index < -0.39 is 0 Å². The van der Waals surface area contributed by atoms with E-state index in [0.717, 1.165) is 43.9 Å². The van der Waals surface area contributed by atoms with Gasteiger partial charge in [0.05, 0.1) is 5.84 Å². The fourth-order valence-corrected chi connectivity index (χ4v) is 2.97. The highest BCUT2D eigenvalue weighted by molar-refractivity contribution is 5.76. The van der Waals surface area contributed by atoms with Crippen LogP contribution in [-0.2, 0) is 6.54 Å². The lowest BCUT2D eigenvalue weighted by atomic mass is 10.1. The Hall–Kier alpha value is -2.69. The van der Waals surface area contributed by atoms with Crippen molar-refractivity contribution in [2.45, 2.75) is 32.4 Å². The van der Waals surface area contributed by atoms with Crippen molar-refractivity contribution < 1.29 is 9.84 Å². The molecule has 0 bridgehead atoms. The third kappa shape index (κ3) is 4.89. The highest BCUT2D eigenvalue weighted by atomic mass is 16.5. The van der Waals surface area contributed by atoms with Gasteiger partial charge < -0.3 is 20.1 Å². The molecular formula is C20H25N3O2. The quantitative estimate of drug-likeness (QED) is 0.440. The van der Waals surface area contributed by atoms with Gasteiger partial charge in [-0.1, -0.05) is 12.1 Å². The maximum atomic E-state index is 9.29. The highest BCUT2D eigenvalue weighted by Crippen LogP contribution is 2.20. The number of benzene rings is 2. The first-order chi connectivity index (χ1) is 12.1. The normalized spacial score (nSPS) is 15.0. The van der Waals surface area contributed by atoms with E-state index >= 15 is 0 Å². The van der Waals surface area contributed by atoms with Crippen LogP contribution in [-0.4, -0.2) is 35.0 Å². The molecule has 0 saturated carbocycles. The topological polar surface area (TPSA) is 68.6 Å². The summed E-state index contributed by atoms with van der Waals surface area (Å²) < 4.78 is 6.07. The van der Waals surface area contributed by atoms with Gasteiger partial charge in [-0.2, -0.15) is 0 Å². The molecule has 5 heteroatoms. The summed E-state index contributed by atoms with van der Waals surface area (Å²) in [5.41, 5.74) is 2.15. The summed E-state index contributed by atoms with van der Waals surface area (Å²) in [6.45, 7) is 4.36. The molecule has 0 unspecified atom stereocenters. The van der Waals surface area contributed by atoms with Crippen LogP contribution >= 0.6 is 0 Å². The summed E-state index contributed by atoms with van der Waals surface area (Å²) in [4.78, 5) is 2.10. The number of hydrogen-bond acceptors (Lipinski definition) is 4. The van der Waals surface area contributed by atoms with Crippen LogP contribution in [0.4, 0.5) is 5.69 Å². The number of phenols is 1. The number of aromatic hydroxyl groups is 1. The first-order valence-electron chi connectivity index (χ1n) is 8.69. The molecule has 3 rings (SSSR count). The number of piperidine rings is 1. The Morgan fingerprint density at radius 3 is 2.36 bits per heavy atom. The molecule has 0 atom stereocenters. The lowest BCUT2D eigenvalue weighted by Crippen LogP contribution is -2.40. The van der Waals surface area contributed by atoms with Crippen LogP contribution < -0.4 is 10.1 Å². The van der Waals surface area contributed by atoms with Crippen molar-refractivity contribution in [1.29, 1.82) is 5.41 Å². The average Bonchev–Trinajstić information content (AvgIpc) is 2.63. The van der Waals surface area contributed by atoms with Gasteiger partial charge >= 0.3 is 0 Å². The number of phenolic OH excluding ortho intramolecular Hbond substituents is 1. The molecule has 0 radical (unpaired) electrons. The Labute approximate surface area is 148 Å². The largest absolute Gasteiger partial charge is 0.508 e. The Morgan fingerprint density at radius 2 is 1.76 bits per heavy atom. The molecule has 132 valence electrons. The van der Waals surface area contributed by atoms with Crippen molar-refractivity contribution in [3.63, 3.8) is 0 Å². The second-order valence-electron chi connectivity index (χ2n) is 6.43. The van der Waals surface area contributed by atoms with Gasteiger partial charge in [0.2, 0.25) is 0 Å². The molecule has 1 fully saturated rings. The molecule has 0 amide bonds. The van der Waals surface area contributed by atoms with Gasteiger partial charge in [0.15, 0.2) is 0 Å². The SMILES string of the molecule is CC(=N)N1CCC(Oc2ccc(CNc3ccc(O)cc3)cc2)CC1.